The number of carbonyl (C=O) groups excluding carboxylic acids is 2. The highest BCUT2D eigenvalue weighted by Gasteiger charge is 2.54. The number of para-hydroxylation sites is 2. The molecule has 2 atom stereocenters. The van der Waals surface area contributed by atoms with Crippen LogP contribution in [0.5, 0.6) is 0 Å². The van der Waals surface area contributed by atoms with E-state index in [-0.39, 0.29) is 16.6 Å². The third-order valence-electron chi connectivity index (χ3n) is 6.91. The number of ketones is 1. The van der Waals surface area contributed by atoms with Crippen LogP contribution >= 0.6 is 0 Å². The largest absolute Gasteiger partial charge is 0.368 e. The smallest absolute Gasteiger partial charge is 0.268 e. The number of aldehydes is 1. The van der Waals surface area contributed by atoms with Crippen LogP contribution in [0.1, 0.15) is 35.3 Å². The molecule has 0 unspecified atom stereocenters. The highest BCUT2D eigenvalue weighted by atomic mass is 32.2. The Morgan fingerprint density at radius 1 is 0.943 bits per heavy atom. The lowest BCUT2D eigenvalue weighted by Crippen LogP contribution is -2.48. The Labute approximate surface area is 204 Å². The second-order valence-electron chi connectivity index (χ2n) is 9.39. The molecule has 0 bridgehead atoms. The molecule has 6 nitrogen and oxygen atoms in total. The van der Waals surface area contributed by atoms with Gasteiger partial charge in [-0.05, 0) is 43.2 Å². The molecule has 1 aliphatic heterocycles. The Bertz CT molecular complexity index is 1570. The first kappa shape index (κ1) is 23.1. The van der Waals surface area contributed by atoms with Gasteiger partial charge in [0.2, 0.25) is 0 Å². The summed E-state index contributed by atoms with van der Waals surface area (Å²) in [7, 11) is -3.97. The van der Waals surface area contributed by atoms with E-state index in [0.717, 1.165) is 11.8 Å². The molecule has 0 radical (unpaired) electrons. The summed E-state index contributed by atoms with van der Waals surface area (Å²) in [6.45, 7) is 5.67. The van der Waals surface area contributed by atoms with Gasteiger partial charge in [0, 0.05) is 28.4 Å². The molecule has 1 aliphatic rings. The number of anilines is 1. The predicted molar refractivity (Wildman–Crippen MR) is 136 cm³/mol. The zero-order chi connectivity index (χ0) is 25.0. The summed E-state index contributed by atoms with van der Waals surface area (Å²) in [5, 5.41) is 3.96. The van der Waals surface area contributed by atoms with Gasteiger partial charge in [-0.15, -0.1) is 0 Å². The molecule has 0 amide bonds. The minimum atomic E-state index is -3.97. The van der Waals surface area contributed by atoms with Crippen LogP contribution in [0.15, 0.2) is 83.9 Å². The minimum absolute atomic E-state index is 0.147. The van der Waals surface area contributed by atoms with Crippen molar-refractivity contribution in [2.75, 3.05) is 5.32 Å². The van der Waals surface area contributed by atoms with Crippen LogP contribution in [0, 0.1) is 18.8 Å². The summed E-state index contributed by atoms with van der Waals surface area (Å²) in [6.07, 6.45) is 2.32. The first-order valence-electron chi connectivity index (χ1n) is 11.5. The Hall–Kier alpha value is -3.71. The van der Waals surface area contributed by atoms with Gasteiger partial charge in [0.15, 0.2) is 5.78 Å². The van der Waals surface area contributed by atoms with Crippen LogP contribution in [0.25, 0.3) is 10.9 Å². The summed E-state index contributed by atoms with van der Waals surface area (Å²) in [4.78, 5) is 26.7. The molecule has 1 N–H and O–H groups in total. The van der Waals surface area contributed by atoms with Crippen molar-refractivity contribution in [1.82, 2.24) is 3.97 Å². The lowest BCUT2D eigenvalue weighted by molar-refractivity contribution is -0.113. The molecule has 4 aromatic rings. The van der Waals surface area contributed by atoms with Crippen molar-refractivity contribution < 1.29 is 18.0 Å². The number of Topliss-reactive ketones (excluding diaryl/α,β-unsaturated/α-hetero) is 1. The zero-order valence-electron chi connectivity index (χ0n) is 19.7. The van der Waals surface area contributed by atoms with Crippen LogP contribution in [0.3, 0.4) is 0 Å². The van der Waals surface area contributed by atoms with E-state index < -0.39 is 21.5 Å². The number of rotatable bonds is 6. The van der Waals surface area contributed by atoms with E-state index in [9.17, 15) is 18.0 Å². The molecule has 0 spiro atoms. The van der Waals surface area contributed by atoms with Crippen LogP contribution in [-0.2, 0) is 20.4 Å². The maximum absolute atomic E-state index is 14.1. The molecule has 2 heterocycles. The molecule has 5 rings (SSSR count). The number of aromatic nitrogens is 1. The number of aryl methyl sites for hydroxylation is 1. The highest BCUT2D eigenvalue weighted by molar-refractivity contribution is 7.90. The number of hydrogen-bond donors (Lipinski definition) is 1. The van der Waals surface area contributed by atoms with E-state index in [1.165, 1.54) is 10.2 Å². The first-order valence-corrected chi connectivity index (χ1v) is 13.0. The number of nitrogens with zero attached hydrogens (tertiary/aromatic N) is 1. The standard InChI is InChI=1S/C28H26N2O4S/c1-18(2)24(17-31)28(27(32)22-9-4-6-10-25(22)29-28)23-16-30(26-11-7-5-8-21(23)26)35(33,34)20-14-12-19(3)13-15-20/h4-18,24,29H,1-3H3/t24-,28-/m1/s1. The molecule has 0 saturated heterocycles. The lowest BCUT2D eigenvalue weighted by Gasteiger charge is -2.36. The first-order chi connectivity index (χ1) is 16.7. The van der Waals surface area contributed by atoms with E-state index >= 15 is 0 Å². The van der Waals surface area contributed by atoms with Gasteiger partial charge in [0.25, 0.3) is 10.0 Å². The van der Waals surface area contributed by atoms with Crippen molar-refractivity contribution in [1.29, 1.82) is 0 Å². The third-order valence-corrected chi connectivity index (χ3v) is 8.60. The van der Waals surface area contributed by atoms with Gasteiger partial charge in [-0.3, -0.25) is 4.79 Å². The SMILES string of the molecule is Cc1ccc(S(=O)(=O)n2cc([C@]3([C@H](C=O)C(C)C)Nc4ccccc4C3=O)c3ccccc32)cc1. The number of carbonyl (C=O) groups is 2. The van der Waals surface area contributed by atoms with E-state index in [1.54, 1.807) is 66.7 Å². The maximum atomic E-state index is 14.1. The van der Waals surface area contributed by atoms with Gasteiger partial charge < -0.3 is 10.1 Å². The molecule has 7 heteroatoms. The van der Waals surface area contributed by atoms with Crippen LogP contribution in [0.4, 0.5) is 5.69 Å². The second kappa shape index (κ2) is 8.20. The zero-order valence-corrected chi connectivity index (χ0v) is 20.5. The molecule has 178 valence electrons. The topological polar surface area (TPSA) is 85.2 Å². The van der Waals surface area contributed by atoms with Gasteiger partial charge >= 0.3 is 0 Å². The number of hydrogen-bond acceptors (Lipinski definition) is 5. The second-order valence-corrected chi connectivity index (χ2v) is 11.2. The van der Waals surface area contributed by atoms with Crippen LogP contribution in [-0.4, -0.2) is 24.5 Å². The molecule has 35 heavy (non-hydrogen) atoms. The van der Waals surface area contributed by atoms with Crippen molar-refractivity contribution in [3.05, 3.63) is 95.7 Å². The Morgan fingerprint density at radius 2 is 1.60 bits per heavy atom. The average molecular weight is 487 g/mol. The van der Waals surface area contributed by atoms with E-state index in [2.05, 4.69) is 5.32 Å². The van der Waals surface area contributed by atoms with Crippen molar-refractivity contribution in [3.63, 3.8) is 0 Å². The Morgan fingerprint density at radius 3 is 2.26 bits per heavy atom. The summed E-state index contributed by atoms with van der Waals surface area (Å²) < 4.78 is 28.7. The monoisotopic (exact) mass is 486 g/mol. The number of nitrogens with one attached hydrogen (secondary N) is 1. The molecule has 3 aromatic carbocycles. The van der Waals surface area contributed by atoms with Crippen molar-refractivity contribution in [2.45, 2.75) is 31.2 Å². The van der Waals surface area contributed by atoms with Gasteiger partial charge in [-0.1, -0.05) is 61.9 Å². The molecule has 0 aliphatic carbocycles. The van der Waals surface area contributed by atoms with E-state index in [0.29, 0.717) is 27.7 Å². The van der Waals surface area contributed by atoms with Gasteiger partial charge in [-0.25, -0.2) is 12.4 Å². The van der Waals surface area contributed by atoms with Gasteiger partial charge in [-0.2, -0.15) is 0 Å². The number of fused-ring (bicyclic) bond motifs is 2. The normalized spacial score (nSPS) is 18.5. The van der Waals surface area contributed by atoms with Gasteiger partial charge in [0.1, 0.15) is 11.8 Å². The van der Waals surface area contributed by atoms with Gasteiger partial charge in [0.05, 0.1) is 16.3 Å². The fourth-order valence-corrected chi connectivity index (χ4v) is 6.49. The molecule has 0 fully saturated rings. The van der Waals surface area contributed by atoms with Crippen LogP contribution in [0.2, 0.25) is 0 Å². The Balaban J connectivity index is 1.83. The minimum Gasteiger partial charge on any atom is -0.368 e. The van der Waals surface area contributed by atoms with Crippen LogP contribution < -0.4 is 5.32 Å². The summed E-state index contributed by atoms with van der Waals surface area (Å²) in [5.41, 5.74) is 1.54. The molecule has 1 aromatic heterocycles. The fourth-order valence-electron chi connectivity index (χ4n) is 5.12. The molecule has 0 saturated carbocycles. The molecular formula is C28H26N2O4S. The maximum Gasteiger partial charge on any atom is 0.268 e. The quantitative estimate of drug-likeness (QED) is 0.381. The van der Waals surface area contributed by atoms with E-state index in [4.69, 9.17) is 0 Å². The molecular weight excluding hydrogens is 460 g/mol. The summed E-state index contributed by atoms with van der Waals surface area (Å²) in [6, 6.07) is 20.9. The Kier molecular flexibility index (Phi) is 5.40. The summed E-state index contributed by atoms with van der Waals surface area (Å²) >= 11 is 0. The van der Waals surface area contributed by atoms with Crippen molar-refractivity contribution >= 4 is 38.7 Å². The van der Waals surface area contributed by atoms with Crippen molar-refractivity contribution in [3.8, 4) is 0 Å². The number of benzene rings is 3. The predicted octanol–water partition coefficient (Wildman–Crippen LogP) is 5.16. The fraction of sp³-hybridized carbons (Fsp3) is 0.214. The van der Waals surface area contributed by atoms with Crippen molar-refractivity contribution in [2.24, 2.45) is 11.8 Å². The summed E-state index contributed by atoms with van der Waals surface area (Å²) in [5.74, 6) is -1.16. The average Bonchev–Trinajstić information content (AvgIpc) is 3.37. The van der Waals surface area contributed by atoms with E-state index in [1.807, 2.05) is 26.8 Å². The highest BCUT2D eigenvalue weighted by Crippen LogP contribution is 2.48. The third kappa shape index (κ3) is 3.33. The lowest BCUT2D eigenvalue weighted by atomic mass is 9.71.